The van der Waals surface area contributed by atoms with Crippen LogP contribution in [0.5, 0.6) is 0 Å². The topological polar surface area (TPSA) is 121 Å². The molecule has 22 heavy (non-hydrogen) atoms. The molecule has 0 heterocycles. The molecule has 5 N–H and O–H groups in total. The van der Waals surface area contributed by atoms with Gasteiger partial charge >= 0.3 is 13.1 Å². The van der Waals surface area contributed by atoms with Crippen LogP contribution in [0.1, 0.15) is 52.4 Å². The molecule has 1 aliphatic rings. The summed E-state index contributed by atoms with van der Waals surface area (Å²) < 4.78 is 0. The Hall–Kier alpha value is -0.915. The molecule has 0 bridgehead atoms. The van der Waals surface area contributed by atoms with Crippen molar-refractivity contribution in [2.24, 2.45) is 23.5 Å². The molecule has 0 aromatic rings. The van der Waals surface area contributed by atoms with Crippen LogP contribution < -0.4 is 5.73 Å². The van der Waals surface area contributed by atoms with Crippen LogP contribution in [0.25, 0.3) is 0 Å². The Morgan fingerprint density at radius 1 is 1.27 bits per heavy atom. The Balaban J connectivity index is 2.97. The number of hydrogen-bond acceptors (Lipinski definition) is 5. The summed E-state index contributed by atoms with van der Waals surface area (Å²) >= 11 is 0. The molecule has 4 atom stereocenters. The maximum Gasteiger partial charge on any atom is 0.451 e. The molecule has 126 valence electrons. The maximum absolute atomic E-state index is 11.9. The molecule has 1 rings (SSSR count). The highest BCUT2D eigenvalue weighted by molar-refractivity contribution is 6.40. The summed E-state index contributed by atoms with van der Waals surface area (Å²) in [4.78, 5) is 23.6. The molecular weight excluding hydrogens is 285 g/mol. The van der Waals surface area contributed by atoms with Crippen LogP contribution in [-0.2, 0) is 9.59 Å². The second-order valence-corrected chi connectivity index (χ2v) is 6.59. The molecule has 0 radical (unpaired) electrons. The van der Waals surface area contributed by atoms with Gasteiger partial charge in [0.25, 0.3) is 0 Å². The van der Waals surface area contributed by atoms with Gasteiger partial charge in [-0.3, -0.25) is 9.59 Å². The summed E-state index contributed by atoms with van der Waals surface area (Å²) in [6, 6.07) is 0. The summed E-state index contributed by atoms with van der Waals surface area (Å²) in [6.07, 6.45) is 4.06. The van der Waals surface area contributed by atoms with Crippen LogP contribution in [0.4, 0.5) is 0 Å². The molecule has 7 heteroatoms. The zero-order chi connectivity index (χ0) is 16.9. The third kappa shape index (κ3) is 4.30. The number of Topliss-reactive ketones (excluding diaryl/α,β-unsaturated/α-hetero) is 1. The Bertz CT molecular complexity index is 403. The normalized spacial score (nSPS) is 31.2. The first kappa shape index (κ1) is 19.1. The number of hydrogen-bond donors (Lipinski definition) is 4. The number of unbranched alkanes of at least 4 members (excludes halogenated alkanes) is 1. The third-order valence-corrected chi connectivity index (χ3v) is 5.04. The van der Waals surface area contributed by atoms with Crippen molar-refractivity contribution in [3.8, 4) is 0 Å². The number of aliphatic carboxylic acids is 1. The van der Waals surface area contributed by atoms with Crippen molar-refractivity contribution in [3.05, 3.63) is 0 Å². The lowest BCUT2D eigenvalue weighted by molar-refractivity contribution is -0.145. The van der Waals surface area contributed by atoms with E-state index < -0.39 is 18.6 Å². The summed E-state index contributed by atoms with van der Waals surface area (Å²) in [6.45, 7) is 3.56. The van der Waals surface area contributed by atoms with Crippen LogP contribution in [0.15, 0.2) is 0 Å². The van der Waals surface area contributed by atoms with Gasteiger partial charge in [-0.15, -0.1) is 0 Å². The molecule has 1 fully saturated rings. The molecule has 0 amide bonds. The third-order valence-electron chi connectivity index (χ3n) is 5.04. The molecule has 6 nitrogen and oxygen atoms in total. The molecule has 1 aliphatic carbocycles. The number of carboxylic acid groups (broad SMARTS) is 1. The van der Waals surface area contributed by atoms with Gasteiger partial charge in [0.2, 0.25) is 0 Å². The van der Waals surface area contributed by atoms with Crippen molar-refractivity contribution in [2.75, 3.05) is 0 Å². The van der Waals surface area contributed by atoms with E-state index in [9.17, 15) is 14.7 Å². The van der Waals surface area contributed by atoms with E-state index in [1.165, 1.54) is 6.92 Å². The largest absolute Gasteiger partial charge is 0.480 e. The SMILES string of the molecule is CCCCC1C(C(C)=O)CC(N)(C(=O)O)C1CCCB(O)O. The van der Waals surface area contributed by atoms with Crippen LogP contribution in [0.3, 0.4) is 0 Å². The van der Waals surface area contributed by atoms with Gasteiger partial charge in [0.05, 0.1) is 0 Å². The minimum absolute atomic E-state index is 0.00173. The Kier molecular flexibility index (Phi) is 7.03. The van der Waals surface area contributed by atoms with Crippen molar-refractivity contribution in [2.45, 2.75) is 64.2 Å². The van der Waals surface area contributed by atoms with Gasteiger partial charge in [0, 0.05) is 5.92 Å². The van der Waals surface area contributed by atoms with Gasteiger partial charge < -0.3 is 20.9 Å². The van der Waals surface area contributed by atoms with Crippen LogP contribution in [0.2, 0.25) is 6.32 Å². The van der Waals surface area contributed by atoms with Gasteiger partial charge in [-0.25, -0.2) is 0 Å². The number of carbonyl (C=O) groups excluding carboxylic acids is 1. The average Bonchev–Trinajstić information content (AvgIpc) is 2.71. The van der Waals surface area contributed by atoms with Crippen molar-refractivity contribution in [3.63, 3.8) is 0 Å². The Labute approximate surface area is 132 Å². The van der Waals surface area contributed by atoms with Gasteiger partial charge in [0.1, 0.15) is 11.3 Å². The highest BCUT2D eigenvalue weighted by Gasteiger charge is 2.56. The Morgan fingerprint density at radius 3 is 2.36 bits per heavy atom. The molecule has 0 spiro atoms. The van der Waals surface area contributed by atoms with Crippen molar-refractivity contribution in [1.82, 2.24) is 0 Å². The smallest absolute Gasteiger partial charge is 0.451 e. The highest BCUT2D eigenvalue weighted by atomic mass is 16.4. The summed E-state index contributed by atoms with van der Waals surface area (Å²) in [5.74, 6) is -1.70. The number of rotatable bonds is 9. The molecule has 0 aliphatic heterocycles. The van der Waals surface area contributed by atoms with E-state index in [0.717, 1.165) is 19.3 Å². The first-order valence-corrected chi connectivity index (χ1v) is 8.12. The number of carbonyl (C=O) groups is 2. The maximum atomic E-state index is 11.9. The summed E-state index contributed by atoms with van der Waals surface area (Å²) in [7, 11) is -1.39. The van der Waals surface area contributed by atoms with Gasteiger partial charge in [-0.1, -0.05) is 26.2 Å². The van der Waals surface area contributed by atoms with Gasteiger partial charge in [-0.2, -0.15) is 0 Å². The van der Waals surface area contributed by atoms with E-state index >= 15 is 0 Å². The molecule has 4 unspecified atom stereocenters. The zero-order valence-electron chi connectivity index (χ0n) is 13.5. The molecule has 0 aromatic carbocycles. The molecule has 1 saturated carbocycles. The summed E-state index contributed by atoms with van der Waals surface area (Å²) in [5.41, 5.74) is 4.78. The number of carboxylic acids is 1. The number of ketones is 1. The predicted molar refractivity (Wildman–Crippen MR) is 84.1 cm³/mol. The zero-order valence-corrected chi connectivity index (χ0v) is 13.5. The van der Waals surface area contributed by atoms with E-state index in [4.69, 9.17) is 15.8 Å². The fourth-order valence-corrected chi connectivity index (χ4v) is 3.85. The second-order valence-electron chi connectivity index (χ2n) is 6.59. The van der Waals surface area contributed by atoms with Gasteiger partial charge in [0.15, 0.2) is 0 Å². The van der Waals surface area contributed by atoms with Crippen LogP contribution >= 0.6 is 0 Å². The minimum atomic E-state index is -1.39. The first-order chi connectivity index (χ1) is 10.2. The van der Waals surface area contributed by atoms with E-state index in [-0.39, 0.29) is 36.3 Å². The summed E-state index contributed by atoms with van der Waals surface area (Å²) in [5, 5.41) is 27.5. The van der Waals surface area contributed by atoms with Crippen molar-refractivity contribution < 1.29 is 24.7 Å². The monoisotopic (exact) mass is 313 g/mol. The predicted octanol–water partition coefficient (Wildman–Crippen LogP) is 1.05. The first-order valence-electron chi connectivity index (χ1n) is 8.12. The Morgan fingerprint density at radius 2 is 1.91 bits per heavy atom. The van der Waals surface area contributed by atoms with E-state index in [1.54, 1.807) is 0 Å². The van der Waals surface area contributed by atoms with Gasteiger partial charge in [-0.05, 0) is 44.3 Å². The molecular formula is C15H28BNO5. The molecule has 0 saturated heterocycles. The minimum Gasteiger partial charge on any atom is -0.480 e. The lowest BCUT2D eigenvalue weighted by Gasteiger charge is -2.30. The van der Waals surface area contributed by atoms with E-state index in [2.05, 4.69) is 6.92 Å². The average molecular weight is 313 g/mol. The van der Waals surface area contributed by atoms with Crippen molar-refractivity contribution >= 4 is 18.9 Å². The van der Waals surface area contributed by atoms with Crippen molar-refractivity contribution in [1.29, 1.82) is 0 Å². The lowest BCUT2D eigenvalue weighted by Crippen LogP contribution is -2.52. The molecule has 0 aromatic heterocycles. The van der Waals surface area contributed by atoms with E-state index in [1.807, 2.05) is 0 Å². The second kappa shape index (κ2) is 8.08. The number of nitrogens with two attached hydrogens (primary N) is 1. The van der Waals surface area contributed by atoms with Crippen LogP contribution in [-0.4, -0.2) is 39.6 Å². The quantitative estimate of drug-likeness (QED) is 0.472. The fraction of sp³-hybridized carbons (Fsp3) is 0.867. The van der Waals surface area contributed by atoms with E-state index in [0.29, 0.717) is 12.8 Å². The standard InChI is InChI=1S/C15H28BNO5/c1-3-4-6-11-12(10(2)18)9-15(17,14(19)20)13(11)7-5-8-16(21)22/h11-13,21-22H,3-9,17H2,1-2H3,(H,19,20). The highest BCUT2D eigenvalue weighted by Crippen LogP contribution is 2.48. The lowest BCUT2D eigenvalue weighted by atomic mass is 9.74. The fourth-order valence-electron chi connectivity index (χ4n) is 3.85. The van der Waals surface area contributed by atoms with Crippen LogP contribution in [0, 0.1) is 17.8 Å².